The van der Waals surface area contributed by atoms with Gasteiger partial charge >= 0.3 is 0 Å². The molecule has 0 aliphatic rings. The van der Waals surface area contributed by atoms with Crippen molar-refractivity contribution in [2.45, 2.75) is 16.7 Å². The van der Waals surface area contributed by atoms with Gasteiger partial charge in [-0.1, -0.05) is 17.7 Å². The smallest absolute Gasteiger partial charge is 0.207 e. The summed E-state index contributed by atoms with van der Waals surface area (Å²) in [5.74, 6) is 0. The summed E-state index contributed by atoms with van der Waals surface area (Å²) in [4.78, 5) is 7.60. The Morgan fingerprint density at radius 2 is 1.79 bits per heavy atom. The van der Waals surface area contributed by atoms with Crippen LogP contribution in [0.25, 0.3) is 11.0 Å². The van der Waals surface area contributed by atoms with Crippen molar-refractivity contribution in [2.24, 2.45) is 0 Å². The fraction of sp³-hybridized carbons (Fsp3) is 0.0714. The molecule has 0 aliphatic carbocycles. The molecule has 0 saturated carbocycles. The van der Waals surface area contributed by atoms with Gasteiger partial charge in [-0.15, -0.1) is 0 Å². The molecule has 96 valence electrons. The highest BCUT2D eigenvalue weighted by Gasteiger charge is 2.20. The van der Waals surface area contributed by atoms with Crippen LogP contribution in [0.15, 0.2) is 58.6 Å². The highest BCUT2D eigenvalue weighted by Crippen LogP contribution is 2.26. The summed E-state index contributed by atoms with van der Waals surface area (Å²) in [7, 11) is -3.51. The molecule has 0 saturated heterocycles. The number of benzene rings is 1. The number of hydrogen-bond acceptors (Lipinski definition) is 3. The van der Waals surface area contributed by atoms with Crippen molar-refractivity contribution in [2.75, 3.05) is 0 Å². The molecule has 3 aromatic rings. The summed E-state index contributed by atoms with van der Waals surface area (Å²) in [6.45, 7) is 1.92. The Bertz CT molecular complexity index is 833. The molecule has 0 radical (unpaired) electrons. The van der Waals surface area contributed by atoms with Gasteiger partial charge in [0.15, 0.2) is 0 Å². The first-order chi connectivity index (χ1) is 9.09. The zero-order valence-corrected chi connectivity index (χ0v) is 11.1. The summed E-state index contributed by atoms with van der Waals surface area (Å²) < 4.78 is 25.2. The predicted molar refractivity (Wildman–Crippen MR) is 72.7 cm³/mol. The maximum Gasteiger partial charge on any atom is 0.207 e. The number of H-pyrrole nitrogens is 1. The lowest BCUT2D eigenvalue weighted by Crippen LogP contribution is -2.02. The van der Waals surface area contributed by atoms with Gasteiger partial charge in [0.1, 0.15) is 5.65 Å². The molecule has 1 aromatic carbocycles. The highest BCUT2D eigenvalue weighted by atomic mass is 32.2. The van der Waals surface area contributed by atoms with Crippen LogP contribution in [-0.4, -0.2) is 18.4 Å². The van der Waals surface area contributed by atoms with Gasteiger partial charge in [0.2, 0.25) is 9.84 Å². The Kier molecular flexibility index (Phi) is 2.64. The van der Waals surface area contributed by atoms with Crippen LogP contribution < -0.4 is 0 Å². The lowest BCUT2D eigenvalue weighted by Gasteiger charge is -2.06. The molecule has 3 rings (SSSR count). The normalized spacial score (nSPS) is 11.8. The van der Waals surface area contributed by atoms with E-state index in [2.05, 4.69) is 9.97 Å². The molecule has 19 heavy (non-hydrogen) atoms. The van der Waals surface area contributed by atoms with E-state index in [1.807, 2.05) is 6.92 Å². The van der Waals surface area contributed by atoms with E-state index in [0.29, 0.717) is 15.9 Å². The van der Waals surface area contributed by atoms with Gasteiger partial charge in [-0.2, -0.15) is 0 Å². The van der Waals surface area contributed by atoms with Crippen molar-refractivity contribution in [3.8, 4) is 0 Å². The molecule has 4 nitrogen and oxygen atoms in total. The van der Waals surface area contributed by atoms with Gasteiger partial charge < -0.3 is 4.98 Å². The van der Waals surface area contributed by atoms with Crippen LogP contribution >= 0.6 is 0 Å². The SMILES string of the molecule is Cc1ccc(S(=O)(=O)c2ccnc3[nH]ccc23)cc1. The maximum atomic E-state index is 12.6. The number of rotatable bonds is 2. The highest BCUT2D eigenvalue weighted by molar-refractivity contribution is 7.91. The topological polar surface area (TPSA) is 62.8 Å². The van der Waals surface area contributed by atoms with E-state index in [9.17, 15) is 8.42 Å². The Morgan fingerprint density at radius 1 is 1.05 bits per heavy atom. The predicted octanol–water partition coefficient (Wildman–Crippen LogP) is 2.70. The van der Waals surface area contributed by atoms with Crippen molar-refractivity contribution in [1.82, 2.24) is 9.97 Å². The molecule has 1 N–H and O–H groups in total. The second-order valence-electron chi connectivity index (χ2n) is 4.37. The number of hydrogen-bond donors (Lipinski definition) is 1. The largest absolute Gasteiger partial charge is 0.346 e. The standard InChI is InChI=1S/C14H12N2O2S/c1-10-2-4-11(5-3-10)19(17,18)13-7-9-16-14-12(13)6-8-15-14/h2-9H,1H3,(H,15,16). The van der Waals surface area contributed by atoms with Gasteiger partial charge in [-0.25, -0.2) is 13.4 Å². The van der Waals surface area contributed by atoms with Crippen LogP contribution in [0.4, 0.5) is 0 Å². The van der Waals surface area contributed by atoms with Crippen LogP contribution in [0.3, 0.4) is 0 Å². The molecule has 2 heterocycles. The summed E-state index contributed by atoms with van der Waals surface area (Å²) in [6, 6.07) is 10.1. The molecule has 0 bridgehead atoms. The summed E-state index contributed by atoms with van der Waals surface area (Å²) in [6.07, 6.45) is 3.19. The van der Waals surface area contributed by atoms with Gasteiger partial charge in [0.05, 0.1) is 9.79 Å². The van der Waals surface area contributed by atoms with E-state index in [-0.39, 0.29) is 4.90 Å². The molecular weight excluding hydrogens is 260 g/mol. The van der Waals surface area contributed by atoms with Crippen LogP contribution in [0, 0.1) is 6.92 Å². The van der Waals surface area contributed by atoms with Gasteiger partial charge in [0.25, 0.3) is 0 Å². The number of nitrogens with zero attached hydrogens (tertiary/aromatic N) is 1. The van der Waals surface area contributed by atoms with Crippen molar-refractivity contribution >= 4 is 20.9 Å². The molecule has 2 aromatic heterocycles. The first-order valence-corrected chi connectivity index (χ1v) is 7.31. The average Bonchev–Trinajstić information content (AvgIpc) is 2.87. The Labute approximate surface area is 111 Å². The van der Waals surface area contributed by atoms with Gasteiger partial charge in [0, 0.05) is 17.8 Å². The van der Waals surface area contributed by atoms with Crippen molar-refractivity contribution < 1.29 is 8.42 Å². The van der Waals surface area contributed by atoms with E-state index in [1.165, 1.54) is 12.3 Å². The van der Waals surface area contributed by atoms with Crippen molar-refractivity contribution in [3.63, 3.8) is 0 Å². The molecule has 0 aliphatic heterocycles. The number of aryl methyl sites for hydroxylation is 1. The number of aromatic amines is 1. The molecular formula is C14H12N2O2S. The Balaban J connectivity index is 2.25. The van der Waals surface area contributed by atoms with Gasteiger partial charge in [-0.05, 0) is 31.2 Å². The number of nitrogens with one attached hydrogen (secondary N) is 1. The molecule has 0 spiro atoms. The molecule has 0 unspecified atom stereocenters. The van der Waals surface area contributed by atoms with Crippen molar-refractivity contribution in [1.29, 1.82) is 0 Å². The molecule has 0 atom stereocenters. The lowest BCUT2D eigenvalue weighted by atomic mass is 10.2. The number of aromatic nitrogens is 2. The third kappa shape index (κ3) is 1.92. The van der Waals surface area contributed by atoms with Crippen LogP contribution in [0.2, 0.25) is 0 Å². The zero-order valence-electron chi connectivity index (χ0n) is 10.3. The quantitative estimate of drug-likeness (QED) is 0.780. The lowest BCUT2D eigenvalue weighted by molar-refractivity contribution is 0.597. The first-order valence-electron chi connectivity index (χ1n) is 5.83. The monoisotopic (exact) mass is 272 g/mol. The van der Waals surface area contributed by atoms with Gasteiger partial charge in [-0.3, -0.25) is 0 Å². The third-order valence-corrected chi connectivity index (χ3v) is 4.87. The fourth-order valence-electron chi connectivity index (χ4n) is 2.01. The second-order valence-corrected chi connectivity index (χ2v) is 6.28. The Morgan fingerprint density at radius 3 is 2.53 bits per heavy atom. The summed E-state index contributed by atoms with van der Waals surface area (Å²) in [5.41, 5.74) is 1.61. The minimum absolute atomic E-state index is 0.280. The minimum Gasteiger partial charge on any atom is -0.346 e. The third-order valence-electron chi connectivity index (χ3n) is 3.04. The Hall–Kier alpha value is -2.14. The molecule has 0 fully saturated rings. The van der Waals surface area contributed by atoms with E-state index >= 15 is 0 Å². The molecule has 0 amide bonds. The summed E-state index contributed by atoms with van der Waals surface area (Å²) in [5, 5.41) is 0.614. The van der Waals surface area contributed by atoms with E-state index < -0.39 is 9.84 Å². The maximum absolute atomic E-state index is 12.6. The van der Waals surface area contributed by atoms with E-state index in [4.69, 9.17) is 0 Å². The van der Waals surface area contributed by atoms with Crippen LogP contribution in [-0.2, 0) is 9.84 Å². The van der Waals surface area contributed by atoms with E-state index in [0.717, 1.165) is 5.56 Å². The number of fused-ring (bicyclic) bond motifs is 1. The summed E-state index contributed by atoms with van der Waals surface area (Å²) >= 11 is 0. The first kappa shape index (κ1) is 11.9. The second kappa shape index (κ2) is 4.20. The zero-order chi connectivity index (χ0) is 13.5. The van der Waals surface area contributed by atoms with Crippen molar-refractivity contribution in [3.05, 3.63) is 54.4 Å². The average molecular weight is 272 g/mol. The fourth-order valence-corrected chi connectivity index (χ4v) is 3.46. The van der Waals surface area contributed by atoms with Crippen LogP contribution in [0.5, 0.6) is 0 Å². The number of sulfone groups is 1. The minimum atomic E-state index is -3.51. The molecule has 5 heteroatoms. The van der Waals surface area contributed by atoms with Crippen LogP contribution in [0.1, 0.15) is 5.56 Å². The van der Waals surface area contributed by atoms with E-state index in [1.54, 1.807) is 36.5 Å². The number of pyridine rings is 1.